The molecule has 3 heteroatoms. The standard InChI is InChI=1S/C9H10BrClS/c10-9-3-1-8(2-4-9)7-12-6-5-11/h1-4H,5-7H2. The summed E-state index contributed by atoms with van der Waals surface area (Å²) in [5.41, 5.74) is 1.35. The minimum Gasteiger partial charge on any atom is -0.156 e. The molecule has 1 aromatic rings. The van der Waals surface area contributed by atoms with Crippen LogP contribution in [0.5, 0.6) is 0 Å². The first-order valence-electron chi connectivity index (χ1n) is 3.71. The maximum atomic E-state index is 5.56. The van der Waals surface area contributed by atoms with Crippen molar-refractivity contribution in [1.29, 1.82) is 0 Å². The number of halogens is 2. The Hall–Kier alpha value is 0.340. The third kappa shape index (κ3) is 3.83. The minimum atomic E-state index is 0.737. The van der Waals surface area contributed by atoms with E-state index in [4.69, 9.17) is 11.6 Å². The van der Waals surface area contributed by atoms with E-state index in [2.05, 4.69) is 40.2 Å². The lowest BCUT2D eigenvalue weighted by Gasteiger charge is -1.99. The summed E-state index contributed by atoms with van der Waals surface area (Å²) >= 11 is 10.8. The average molecular weight is 266 g/mol. The molecule has 0 fully saturated rings. The second-order valence-electron chi connectivity index (χ2n) is 2.37. The van der Waals surface area contributed by atoms with E-state index in [9.17, 15) is 0 Å². The van der Waals surface area contributed by atoms with E-state index in [1.807, 2.05) is 11.8 Å². The molecule has 0 radical (unpaired) electrons. The number of hydrogen-bond donors (Lipinski definition) is 0. The fraction of sp³-hybridized carbons (Fsp3) is 0.333. The van der Waals surface area contributed by atoms with Crippen LogP contribution in [0, 0.1) is 0 Å². The number of benzene rings is 1. The van der Waals surface area contributed by atoms with Gasteiger partial charge >= 0.3 is 0 Å². The van der Waals surface area contributed by atoms with Crippen LogP contribution in [0.25, 0.3) is 0 Å². The first kappa shape index (κ1) is 10.4. The summed E-state index contributed by atoms with van der Waals surface area (Å²) in [4.78, 5) is 0. The van der Waals surface area contributed by atoms with Crippen LogP contribution in [-0.2, 0) is 5.75 Å². The Balaban J connectivity index is 2.37. The van der Waals surface area contributed by atoms with Crippen molar-refractivity contribution in [2.75, 3.05) is 11.6 Å². The molecule has 0 bridgehead atoms. The summed E-state index contributed by atoms with van der Waals surface area (Å²) in [6, 6.07) is 8.39. The van der Waals surface area contributed by atoms with Crippen molar-refractivity contribution < 1.29 is 0 Å². The van der Waals surface area contributed by atoms with Gasteiger partial charge in [0.15, 0.2) is 0 Å². The molecule has 12 heavy (non-hydrogen) atoms. The molecule has 0 saturated heterocycles. The van der Waals surface area contributed by atoms with Crippen molar-refractivity contribution in [3.05, 3.63) is 34.3 Å². The zero-order valence-electron chi connectivity index (χ0n) is 6.59. The highest BCUT2D eigenvalue weighted by Gasteiger charge is 1.92. The van der Waals surface area contributed by atoms with Crippen LogP contribution in [0.4, 0.5) is 0 Å². The van der Waals surface area contributed by atoms with Crippen LogP contribution in [0.2, 0.25) is 0 Å². The molecule has 0 spiro atoms. The van der Waals surface area contributed by atoms with Gasteiger partial charge in [-0.1, -0.05) is 28.1 Å². The monoisotopic (exact) mass is 264 g/mol. The first-order valence-corrected chi connectivity index (χ1v) is 6.19. The summed E-state index contributed by atoms with van der Waals surface area (Å²) < 4.78 is 1.13. The highest BCUT2D eigenvalue weighted by Crippen LogP contribution is 2.15. The number of alkyl halides is 1. The van der Waals surface area contributed by atoms with Crippen molar-refractivity contribution >= 4 is 39.3 Å². The second kappa shape index (κ2) is 5.90. The van der Waals surface area contributed by atoms with Crippen molar-refractivity contribution in [3.8, 4) is 0 Å². The largest absolute Gasteiger partial charge is 0.156 e. The number of rotatable bonds is 4. The van der Waals surface area contributed by atoms with Crippen LogP contribution in [0.3, 0.4) is 0 Å². The third-order valence-electron chi connectivity index (χ3n) is 1.40. The Kier molecular flexibility index (Phi) is 5.12. The van der Waals surface area contributed by atoms with Crippen LogP contribution in [0.1, 0.15) is 5.56 Å². The van der Waals surface area contributed by atoms with Gasteiger partial charge in [-0.05, 0) is 17.7 Å². The molecule has 66 valence electrons. The van der Waals surface area contributed by atoms with Gasteiger partial charge in [0.1, 0.15) is 0 Å². The van der Waals surface area contributed by atoms with Gasteiger partial charge < -0.3 is 0 Å². The Morgan fingerprint density at radius 2 is 1.92 bits per heavy atom. The summed E-state index contributed by atoms with van der Waals surface area (Å²) in [6.07, 6.45) is 0. The Morgan fingerprint density at radius 3 is 2.50 bits per heavy atom. The van der Waals surface area contributed by atoms with E-state index in [0.717, 1.165) is 21.9 Å². The van der Waals surface area contributed by atoms with E-state index in [1.54, 1.807) is 0 Å². The molecule has 1 aromatic carbocycles. The van der Waals surface area contributed by atoms with Gasteiger partial charge in [-0.2, -0.15) is 11.8 Å². The minimum absolute atomic E-state index is 0.737. The van der Waals surface area contributed by atoms with Gasteiger partial charge in [-0.3, -0.25) is 0 Å². The molecule has 0 saturated carbocycles. The van der Waals surface area contributed by atoms with E-state index >= 15 is 0 Å². The molecule has 0 nitrogen and oxygen atoms in total. The molecule has 0 atom stereocenters. The van der Waals surface area contributed by atoms with Gasteiger partial charge in [-0.15, -0.1) is 11.6 Å². The summed E-state index contributed by atoms with van der Waals surface area (Å²) in [7, 11) is 0. The van der Waals surface area contributed by atoms with E-state index in [0.29, 0.717) is 0 Å². The molecule has 0 aromatic heterocycles. The smallest absolute Gasteiger partial charge is 0.0314 e. The molecule has 0 amide bonds. The van der Waals surface area contributed by atoms with Crippen molar-refractivity contribution in [2.24, 2.45) is 0 Å². The topological polar surface area (TPSA) is 0 Å². The van der Waals surface area contributed by atoms with Crippen molar-refractivity contribution in [2.45, 2.75) is 5.75 Å². The van der Waals surface area contributed by atoms with Crippen LogP contribution >= 0.6 is 39.3 Å². The predicted octanol–water partition coefficient (Wildman–Crippen LogP) is 3.92. The van der Waals surface area contributed by atoms with Gasteiger partial charge in [-0.25, -0.2) is 0 Å². The summed E-state index contributed by atoms with van der Waals surface area (Å²) in [6.45, 7) is 0. The third-order valence-corrected chi connectivity index (χ3v) is 3.38. The zero-order chi connectivity index (χ0) is 8.81. The van der Waals surface area contributed by atoms with Crippen LogP contribution in [0.15, 0.2) is 28.7 Å². The SMILES string of the molecule is ClCCSCc1ccc(Br)cc1. The van der Waals surface area contributed by atoms with Crippen molar-refractivity contribution in [3.63, 3.8) is 0 Å². The molecule has 0 aliphatic rings. The number of hydrogen-bond acceptors (Lipinski definition) is 1. The van der Waals surface area contributed by atoms with Gasteiger partial charge in [0.2, 0.25) is 0 Å². The maximum Gasteiger partial charge on any atom is 0.0314 e. The van der Waals surface area contributed by atoms with E-state index < -0.39 is 0 Å². The molecule has 1 rings (SSSR count). The fourth-order valence-electron chi connectivity index (χ4n) is 0.825. The second-order valence-corrected chi connectivity index (χ2v) is 4.77. The molecular weight excluding hydrogens is 256 g/mol. The van der Waals surface area contributed by atoms with E-state index in [1.165, 1.54) is 5.56 Å². The maximum absolute atomic E-state index is 5.56. The zero-order valence-corrected chi connectivity index (χ0v) is 9.75. The van der Waals surface area contributed by atoms with Gasteiger partial charge in [0, 0.05) is 21.9 Å². The van der Waals surface area contributed by atoms with Gasteiger partial charge in [0.05, 0.1) is 0 Å². The lowest BCUT2D eigenvalue weighted by Crippen LogP contribution is -1.83. The predicted molar refractivity (Wildman–Crippen MR) is 61.0 cm³/mol. The normalized spacial score (nSPS) is 10.2. The fourth-order valence-corrected chi connectivity index (χ4v) is 2.10. The molecular formula is C9H10BrClS. The molecule has 0 aliphatic carbocycles. The first-order chi connectivity index (χ1) is 5.83. The highest BCUT2D eigenvalue weighted by molar-refractivity contribution is 9.10. The van der Waals surface area contributed by atoms with Crippen LogP contribution < -0.4 is 0 Å². The molecule has 0 heterocycles. The van der Waals surface area contributed by atoms with Crippen molar-refractivity contribution in [1.82, 2.24) is 0 Å². The van der Waals surface area contributed by atoms with Crippen LogP contribution in [-0.4, -0.2) is 11.6 Å². The lowest BCUT2D eigenvalue weighted by molar-refractivity contribution is 1.39. The molecule has 0 unspecified atom stereocenters. The lowest BCUT2D eigenvalue weighted by atomic mass is 10.2. The Labute approximate surface area is 90.8 Å². The average Bonchev–Trinajstić information content (AvgIpc) is 2.09. The van der Waals surface area contributed by atoms with Gasteiger partial charge in [0.25, 0.3) is 0 Å². The highest BCUT2D eigenvalue weighted by atomic mass is 79.9. The molecule has 0 aliphatic heterocycles. The Morgan fingerprint density at radius 1 is 1.25 bits per heavy atom. The Bertz CT molecular complexity index is 222. The number of thioether (sulfide) groups is 1. The molecule has 0 N–H and O–H groups in total. The summed E-state index contributed by atoms with van der Waals surface area (Å²) in [5, 5.41) is 0. The quantitative estimate of drug-likeness (QED) is 0.587. The van der Waals surface area contributed by atoms with E-state index in [-0.39, 0.29) is 0 Å². The summed E-state index contributed by atoms with van der Waals surface area (Å²) in [5.74, 6) is 2.82.